The van der Waals surface area contributed by atoms with E-state index < -0.39 is 0 Å². The summed E-state index contributed by atoms with van der Waals surface area (Å²) in [5, 5.41) is 4.61. The van der Waals surface area contributed by atoms with Gasteiger partial charge in [-0.05, 0) is 29.3 Å². The van der Waals surface area contributed by atoms with Crippen molar-refractivity contribution in [2.75, 3.05) is 12.4 Å². The monoisotopic (exact) mass is 295 g/mol. The minimum Gasteiger partial charge on any atom is -0.380 e. The molecule has 1 N–H and O–H groups in total. The van der Waals surface area contributed by atoms with Gasteiger partial charge in [-0.15, -0.1) is 0 Å². The lowest BCUT2D eigenvalue weighted by molar-refractivity contribution is 0.185. The van der Waals surface area contributed by atoms with Crippen molar-refractivity contribution in [1.82, 2.24) is 0 Å². The third-order valence-electron chi connectivity index (χ3n) is 2.71. The average Bonchev–Trinajstić information content (AvgIpc) is 2.41. The van der Waals surface area contributed by atoms with Crippen LogP contribution >= 0.6 is 23.2 Å². The Morgan fingerprint density at radius 3 is 2.63 bits per heavy atom. The zero-order chi connectivity index (χ0) is 13.7. The molecule has 0 fully saturated rings. The van der Waals surface area contributed by atoms with Crippen LogP contribution in [0.3, 0.4) is 0 Å². The molecule has 0 heterocycles. The molecule has 0 atom stereocenters. The number of benzene rings is 2. The Morgan fingerprint density at radius 1 is 1.05 bits per heavy atom. The Morgan fingerprint density at radius 2 is 1.84 bits per heavy atom. The maximum atomic E-state index is 6.10. The van der Waals surface area contributed by atoms with Gasteiger partial charge in [-0.1, -0.05) is 47.5 Å². The highest BCUT2D eigenvalue weighted by Gasteiger charge is 2.01. The summed E-state index contributed by atoms with van der Waals surface area (Å²) in [7, 11) is 1.69. The van der Waals surface area contributed by atoms with Crippen LogP contribution < -0.4 is 5.32 Å². The molecule has 0 unspecified atom stereocenters. The van der Waals surface area contributed by atoms with Gasteiger partial charge in [0.05, 0.1) is 17.3 Å². The molecule has 0 bridgehead atoms. The number of nitrogens with one attached hydrogen (secondary N) is 1. The predicted octanol–water partition coefficient (Wildman–Crippen LogP) is 4.75. The van der Waals surface area contributed by atoms with Crippen molar-refractivity contribution >= 4 is 28.9 Å². The molecule has 100 valence electrons. The highest BCUT2D eigenvalue weighted by atomic mass is 35.5. The first-order chi connectivity index (χ1) is 9.19. The van der Waals surface area contributed by atoms with Gasteiger partial charge in [0.1, 0.15) is 0 Å². The minimum atomic E-state index is 0.617. The molecule has 0 aliphatic carbocycles. The molecule has 0 amide bonds. The fraction of sp³-hybridized carbons (Fsp3) is 0.200. The van der Waals surface area contributed by atoms with Gasteiger partial charge in [-0.25, -0.2) is 0 Å². The summed E-state index contributed by atoms with van der Waals surface area (Å²) < 4.78 is 5.12. The fourth-order valence-corrected chi connectivity index (χ4v) is 2.18. The van der Waals surface area contributed by atoms with Crippen LogP contribution in [0.5, 0.6) is 0 Å². The molecule has 0 aromatic heterocycles. The molecule has 0 saturated carbocycles. The smallest absolute Gasteiger partial charge is 0.0713 e. The van der Waals surface area contributed by atoms with E-state index in [2.05, 4.69) is 17.4 Å². The van der Waals surface area contributed by atoms with Crippen LogP contribution in [0.1, 0.15) is 11.1 Å². The molecule has 0 radical (unpaired) electrons. The van der Waals surface area contributed by atoms with E-state index in [1.165, 1.54) is 5.56 Å². The van der Waals surface area contributed by atoms with E-state index in [1.807, 2.05) is 18.2 Å². The van der Waals surface area contributed by atoms with E-state index in [4.69, 9.17) is 27.9 Å². The molecule has 2 aromatic rings. The normalized spacial score (nSPS) is 10.5. The first-order valence-corrected chi connectivity index (χ1v) is 6.70. The lowest BCUT2D eigenvalue weighted by Crippen LogP contribution is -2.01. The number of methoxy groups -OCH3 is 1. The highest BCUT2D eigenvalue weighted by molar-refractivity contribution is 6.35. The van der Waals surface area contributed by atoms with Gasteiger partial charge in [-0.2, -0.15) is 0 Å². The second-order valence-electron chi connectivity index (χ2n) is 4.23. The number of ether oxygens (including phenoxy) is 1. The zero-order valence-corrected chi connectivity index (χ0v) is 12.1. The van der Waals surface area contributed by atoms with Crippen LogP contribution in [0.4, 0.5) is 5.69 Å². The summed E-state index contributed by atoms with van der Waals surface area (Å²) in [4.78, 5) is 0. The van der Waals surface area contributed by atoms with Crippen LogP contribution in [0.25, 0.3) is 0 Å². The Kier molecular flexibility index (Phi) is 5.08. The lowest BCUT2D eigenvalue weighted by Gasteiger charge is -2.10. The van der Waals surface area contributed by atoms with Gasteiger partial charge in [0, 0.05) is 18.7 Å². The summed E-state index contributed by atoms with van der Waals surface area (Å²) in [6.45, 7) is 1.31. The molecule has 2 rings (SSSR count). The molecule has 0 saturated heterocycles. The van der Waals surface area contributed by atoms with Crippen molar-refractivity contribution in [2.24, 2.45) is 0 Å². The number of hydrogen-bond acceptors (Lipinski definition) is 2. The Balaban J connectivity index is 2.05. The van der Waals surface area contributed by atoms with Gasteiger partial charge in [0.25, 0.3) is 0 Å². The van der Waals surface area contributed by atoms with Crippen LogP contribution in [0, 0.1) is 0 Å². The maximum absolute atomic E-state index is 6.10. The van der Waals surface area contributed by atoms with Crippen molar-refractivity contribution in [3.8, 4) is 0 Å². The number of hydrogen-bond donors (Lipinski definition) is 1. The van der Waals surface area contributed by atoms with Crippen molar-refractivity contribution in [3.63, 3.8) is 0 Å². The van der Waals surface area contributed by atoms with Gasteiger partial charge >= 0.3 is 0 Å². The summed E-state index contributed by atoms with van der Waals surface area (Å²) in [5.74, 6) is 0. The highest BCUT2D eigenvalue weighted by Crippen LogP contribution is 2.25. The van der Waals surface area contributed by atoms with Gasteiger partial charge in [-0.3, -0.25) is 0 Å². The molecular weight excluding hydrogens is 281 g/mol. The second kappa shape index (κ2) is 6.80. The Hall–Kier alpha value is -1.22. The first kappa shape index (κ1) is 14.2. The molecular formula is C15H15Cl2NO. The maximum Gasteiger partial charge on any atom is 0.0713 e. The third kappa shape index (κ3) is 4.13. The predicted molar refractivity (Wildman–Crippen MR) is 80.9 cm³/mol. The molecule has 0 aliphatic heterocycles. The van der Waals surface area contributed by atoms with E-state index in [9.17, 15) is 0 Å². The van der Waals surface area contributed by atoms with Crippen molar-refractivity contribution in [1.29, 1.82) is 0 Å². The Labute approximate surface area is 123 Å². The molecule has 0 aliphatic rings. The number of halogens is 2. The van der Waals surface area contributed by atoms with E-state index in [-0.39, 0.29) is 0 Å². The van der Waals surface area contributed by atoms with E-state index in [0.29, 0.717) is 23.2 Å². The second-order valence-corrected chi connectivity index (χ2v) is 5.07. The van der Waals surface area contributed by atoms with Crippen molar-refractivity contribution < 1.29 is 4.74 Å². The lowest BCUT2D eigenvalue weighted by atomic mass is 10.1. The SMILES string of the molecule is COCc1cccc(CNc2cc(Cl)ccc2Cl)c1. The van der Waals surface area contributed by atoms with Crippen molar-refractivity contribution in [3.05, 3.63) is 63.6 Å². The fourth-order valence-electron chi connectivity index (χ4n) is 1.83. The minimum absolute atomic E-state index is 0.617. The van der Waals surface area contributed by atoms with E-state index in [1.54, 1.807) is 19.2 Å². The summed E-state index contributed by atoms with van der Waals surface area (Å²) in [5.41, 5.74) is 3.16. The standard InChI is InChI=1S/C15H15Cl2NO/c1-19-10-12-4-2-3-11(7-12)9-18-15-8-13(16)5-6-14(15)17/h2-8,18H,9-10H2,1H3. The largest absolute Gasteiger partial charge is 0.380 e. The van der Waals surface area contributed by atoms with Crippen LogP contribution in [-0.2, 0) is 17.9 Å². The molecule has 4 heteroatoms. The van der Waals surface area contributed by atoms with Gasteiger partial charge in [0.15, 0.2) is 0 Å². The quantitative estimate of drug-likeness (QED) is 0.859. The number of rotatable bonds is 5. The summed E-state index contributed by atoms with van der Waals surface area (Å²) >= 11 is 12.1. The van der Waals surface area contributed by atoms with E-state index >= 15 is 0 Å². The van der Waals surface area contributed by atoms with Crippen LogP contribution in [-0.4, -0.2) is 7.11 Å². The zero-order valence-electron chi connectivity index (χ0n) is 10.6. The van der Waals surface area contributed by atoms with E-state index in [0.717, 1.165) is 11.3 Å². The summed E-state index contributed by atoms with van der Waals surface area (Å²) in [6.07, 6.45) is 0. The molecule has 19 heavy (non-hydrogen) atoms. The summed E-state index contributed by atoms with van der Waals surface area (Å²) in [6, 6.07) is 13.6. The van der Waals surface area contributed by atoms with Gasteiger partial charge in [0.2, 0.25) is 0 Å². The average molecular weight is 296 g/mol. The number of anilines is 1. The van der Waals surface area contributed by atoms with Crippen LogP contribution in [0.2, 0.25) is 10.0 Å². The van der Waals surface area contributed by atoms with Gasteiger partial charge < -0.3 is 10.1 Å². The molecule has 2 nitrogen and oxygen atoms in total. The first-order valence-electron chi connectivity index (χ1n) is 5.94. The Bertz CT molecular complexity index is 558. The third-order valence-corrected chi connectivity index (χ3v) is 3.28. The van der Waals surface area contributed by atoms with Crippen molar-refractivity contribution in [2.45, 2.75) is 13.2 Å². The van der Waals surface area contributed by atoms with Crippen LogP contribution in [0.15, 0.2) is 42.5 Å². The molecule has 0 spiro atoms. The molecule has 2 aromatic carbocycles. The topological polar surface area (TPSA) is 21.3 Å².